The molecule has 1 aliphatic rings. The smallest absolute Gasteiger partial charge is 0.367 e. The van der Waals surface area contributed by atoms with Crippen molar-refractivity contribution in [2.75, 3.05) is 31.1 Å². The Bertz CT molecular complexity index is 783. The molecule has 2 aromatic carbocycles. The van der Waals surface area contributed by atoms with Gasteiger partial charge >= 0.3 is 6.18 Å². The molecule has 3 nitrogen and oxygen atoms in total. The van der Waals surface area contributed by atoms with Crippen LogP contribution >= 0.6 is 0 Å². The molecule has 0 N–H and O–H groups in total. The van der Waals surface area contributed by atoms with Gasteiger partial charge in [-0.1, -0.05) is 24.3 Å². The number of alkyl halides is 3. The molecule has 3 rings (SSSR count). The number of carbonyl (C=O) groups is 1. The summed E-state index contributed by atoms with van der Waals surface area (Å²) >= 11 is 0. The first-order valence-electron chi connectivity index (χ1n) is 8.28. The molecule has 0 aromatic heterocycles. The molecule has 0 aliphatic carbocycles. The Morgan fingerprint density at radius 3 is 2.31 bits per heavy atom. The van der Waals surface area contributed by atoms with Gasteiger partial charge in [-0.25, -0.2) is 4.39 Å². The Morgan fingerprint density at radius 1 is 0.962 bits per heavy atom. The average Bonchev–Trinajstić information content (AvgIpc) is 2.61. The second-order valence-corrected chi connectivity index (χ2v) is 6.19. The molecule has 138 valence electrons. The van der Waals surface area contributed by atoms with E-state index in [4.69, 9.17) is 0 Å². The third kappa shape index (κ3) is 4.15. The highest BCUT2D eigenvalue weighted by atomic mass is 19.4. The number of anilines is 1. The lowest BCUT2D eigenvalue weighted by Gasteiger charge is -2.37. The quantitative estimate of drug-likeness (QED) is 0.773. The molecule has 1 fully saturated rings. The number of hydrogen-bond donors (Lipinski definition) is 0. The molecule has 0 atom stereocenters. The van der Waals surface area contributed by atoms with E-state index in [2.05, 4.69) is 0 Å². The number of amides is 1. The van der Waals surface area contributed by atoms with Crippen LogP contribution in [0.4, 0.5) is 23.2 Å². The van der Waals surface area contributed by atoms with Crippen molar-refractivity contribution >= 4 is 11.6 Å². The van der Waals surface area contributed by atoms with Crippen LogP contribution in [0.5, 0.6) is 0 Å². The van der Waals surface area contributed by atoms with E-state index < -0.39 is 17.6 Å². The summed E-state index contributed by atoms with van der Waals surface area (Å²) in [4.78, 5) is 15.6. The number of rotatable bonds is 3. The van der Waals surface area contributed by atoms with Gasteiger partial charge < -0.3 is 9.80 Å². The summed E-state index contributed by atoms with van der Waals surface area (Å²) < 4.78 is 52.7. The molecule has 0 saturated carbocycles. The van der Waals surface area contributed by atoms with Gasteiger partial charge in [0.2, 0.25) is 5.91 Å². The highest BCUT2D eigenvalue weighted by Crippen LogP contribution is 2.36. The summed E-state index contributed by atoms with van der Waals surface area (Å²) in [5.41, 5.74) is 0.0524. The van der Waals surface area contributed by atoms with Crippen LogP contribution < -0.4 is 4.90 Å². The van der Waals surface area contributed by atoms with Crippen LogP contribution in [0.25, 0.3) is 0 Å². The number of carbonyl (C=O) groups excluding carboxylic acids is 1. The van der Waals surface area contributed by atoms with E-state index in [-0.39, 0.29) is 18.0 Å². The fraction of sp³-hybridized carbons (Fsp3) is 0.316. The summed E-state index contributed by atoms with van der Waals surface area (Å²) in [6.45, 7) is 1.31. The first-order chi connectivity index (χ1) is 12.3. The lowest BCUT2D eigenvalue weighted by molar-refractivity contribution is -0.137. The van der Waals surface area contributed by atoms with Gasteiger partial charge in [-0.05, 0) is 29.8 Å². The molecule has 0 radical (unpaired) electrons. The van der Waals surface area contributed by atoms with Crippen molar-refractivity contribution in [3.8, 4) is 0 Å². The minimum absolute atomic E-state index is 0.0803. The summed E-state index contributed by atoms with van der Waals surface area (Å²) in [6, 6.07) is 11.3. The molecular weight excluding hydrogens is 348 g/mol. The number of nitrogens with zero attached hydrogens (tertiary/aromatic N) is 2. The van der Waals surface area contributed by atoms with Crippen molar-refractivity contribution in [3.05, 3.63) is 65.5 Å². The highest BCUT2D eigenvalue weighted by molar-refractivity contribution is 5.79. The lowest BCUT2D eigenvalue weighted by atomic mass is 10.1. The van der Waals surface area contributed by atoms with Gasteiger partial charge in [0, 0.05) is 31.9 Å². The summed E-state index contributed by atoms with van der Waals surface area (Å²) in [5.74, 6) is -0.553. The molecule has 26 heavy (non-hydrogen) atoms. The fourth-order valence-corrected chi connectivity index (χ4v) is 3.12. The van der Waals surface area contributed by atoms with Gasteiger partial charge in [-0.15, -0.1) is 0 Å². The van der Waals surface area contributed by atoms with E-state index in [0.717, 1.165) is 6.07 Å². The van der Waals surface area contributed by atoms with Crippen LogP contribution in [-0.4, -0.2) is 37.0 Å². The first-order valence-corrected chi connectivity index (χ1v) is 8.28. The van der Waals surface area contributed by atoms with Crippen molar-refractivity contribution in [2.45, 2.75) is 12.6 Å². The molecule has 0 bridgehead atoms. The predicted octanol–water partition coefficient (Wildman–Crippen LogP) is 3.74. The van der Waals surface area contributed by atoms with Crippen LogP contribution in [-0.2, 0) is 17.4 Å². The zero-order valence-electron chi connectivity index (χ0n) is 14.0. The minimum Gasteiger partial charge on any atom is -0.367 e. The molecule has 7 heteroatoms. The monoisotopic (exact) mass is 366 g/mol. The maximum absolute atomic E-state index is 13.2. The molecule has 1 aliphatic heterocycles. The van der Waals surface area contributed by atoms with Crippen molar-refractivity contribution in [2.24, 2.45) is 0 Å². The third-order valence-electron chi connectivity index (χ3n) is 4.43. The van der Waals surface area contributed by atoms with Crippen LogP contribution in [0, 0.1) is 5.82 Å². The Labute approximate surface area is 148 Å². The maximum Gasteiger partial charge on any atom is 0.418 e. The van der Waals surface area contributed by atoms with E-state index in [1.807, 2.05) is 0 Å². The van der Waals surface area contributed by atoms with E-state index in [0.29, 0.717) is 31.7 Å². The van der Waals surface area contributed by atoms with E-state index >= 15 is 0 Å². The Kier molecular flexibility index (Phi) is 5.15. The second kappa shape index (κ2) is 7.35. The largest absolute Gasteiger partial charge is 0.418 e. The number of halogens is 4. The molecule has 1 heterocycles. The van der Waals surface area contributed by atoms with Crippen molar-refractivity contribution < 1.29 is 22.4 Å². The molecule has 0 unspecified atom stereocenters. The first kappa shape index (κ1) is 18.2. The van der Waals surface area contributed by atoms with Gasteiger partial charge in [0.05, 0.1) is 12.0 Å². The van der Waals surface area contributed by atoms with Gasteiger partial charge in [0.15, 0.2) is 0 Å². The number of hydrogen-bond acceptors (Lipinski definition) is 2. The Balaban J connectivity index is 1.64. The zero-order chi connectivity index (χ0) is 18.7. The topological polar surface area (TPSA) is 23.6 Å². The summed E-state index contributed by atoms with van der Waals surface area (Å²) in [5, 5.41) is 0. The molecule has 1 saturated heterocycles. The highest BCUT2D eigenvalue weighted by Gasteiger charge is 2.35. The van der Waals surface area contributed by atoms with Crippen LogP contribution in [0.2, 0.25) is 0 Å². The van der Waals surface area contributed by atoms with Gasteiger partial charge in [0.1, 0.15) is 5.82 Å². The fourth-order valence-electron chi connectivity index (χ4n) is 3.12. The van der Waals surface area contributed by atoms with Gasteiger partial charge in [0.25, 0.3) is 0 Å². The van der Waals surface area contributed by atoms with Crippen molar-refractivity contribution in [1.82, 2.24) is 4.90 Å². The molecule has 0 spiro atoms. The van der Waals surface area contributed by atoms with E-state index in [1.165, 1.54) is 24.3 Å². The predicted molar refractivity (Wildman–Crippen MR) is 90.3 cm³/mol. The molecule has 2 aromatic rings. The number of para-hydroxylation sites is 1. The molecular formula is C19H18F4N2O. The Hall–Kier alpha value is -2.57. The van der Waals surface area contributed by atoms with Gasteiger partial charge in [-0.2, -0.15) is 13.2 Å². The van der Waals surface area contributed by atoms with Crippen LogP contribution in [0.1, 0.15) is 11.1 Å². The SMILES string of the molecule is O=C(Cc1cccc(F)c1)N1CCN(c2ccccc2C(F)(F)F)CC1. The summed E-state index contributed by atoms with van der Waals surface area (Å²) in [7, 11) is 0. The molecule has 1 amide bonds. The van der Waals surface area contributed by atoms with Crippen LogP contribution in [0.3, 0.4) is 0 Å². The Morgan fingerprint density at radius 2 is 1.65 bits per heavy atom. The van der Waals surface area contributed by atoms with E-state index in [1.54, 1.807) is 28.0 Å². The standard InChI is InChI=1S/C19H18F4N2O/c20-15-5-3-4-14(12-15)13-18(26)25-10-8-24(9-11-25)17-7-2-1-6-16(17)19(21,22)23/h1-7,12H,8-11,13H2. The summed E-state index contributed by atoms with van der Waals surface area (Å²) in [6.07, 6.45) is -4.34. The number of benzene rings is 2. The third-order valence-corrected chi connectivity index (χ3v) is 4.43. The van der Waals surface area contributed by atoms with E-state index in [9.17, 15) is 22.4 Å². The average molecular weight is 366 g/mol. The number of piperazine rings is 1. The van der Waals surface area contributed by atoms with Crippen LogP contribution in [0.15, 0.2) is 48.5 Å². The second-order valence-electron chi connectivity index (χ2n) is 6.19. The zero-order valence-corrected chi connectivity index (χ0v) is 14.0. The van der Waals surface area contributed by atoms with Gasteiger partial charge in [-0.3, -0.25) is 4.79 Å². The lowest BCUT2D eigenvalue weighted by Crippen LogP contribution is -2.49. The maximum atomic E-state index is 13.2. The normalized spacial score (nSPS) is 15.2. The van der Waals surface area contributed by atoms with Crippen molar-refractivity contribution in [1.29, 1.82) is 0 Å². The van der Waals surface area contributed by atoms with Crippen molar-refractivity contribution in [3.63, 3.8) is 0 Å². The minimum atomic E-state index is -4.42.